The van der Waals surface area contributed by atoms with Gasteiger partial charge in [-0.1, -0.05) is 96.5 Å². The number of unbranched alkanes of at least 4 members (excludes halogenated alkanes) is 1. The van der Waals surface area contributed by atoms with Gasteiger partial charge in [-0.15, -0.1) is 0 Å². The van der Waals surface area contributed by atoms with Gasteiger partial charge >= 0.3 is 0 Å². The molecule has 2 aromatic carbocycles. The first-order valence-corrected chi connectivity index (χ1v) is 27.7. The maximum Gasteiger partial charge on any atom is 0.300 e. The summed E-state index contributed by atoms with van der Waals surface area (Å²) in [5, 5.41) is 29.7. The second-order valence-corrected chi connectivity index (χ2v) is 21.0. The number of nitrogens with two attached hydrogens (primary N) is 5. The summed E-state index contributed by atoms with van der Waals surface area (Å²) in [4.78, 5) is 139. The molecule has 0 unspecified atom stereocenters. The molecule has 26 heteroatoms. The lowest BCUT2D eigenvalue weighted by atomic mass is 9.97. The minimum absolute atomic E-state index is 0.0398. The summed E-state index contributed by atoms with van der Waals surface area (Å²) in [5.41, 5.74) is 30.4. The molecule has 0 aliphatic rings. The molecular weight excluding hydrogens is 1060 g/mol. The van der Waals surface area contributed by atoms with E-state index < -0.39 is 120 Å². The molecule has 1 aromatic heterocycles. The summed E-state index contributed by atoms with van der Waals surface area (Å²) in [6.45, 7) is 13.2. The monoisotopic (exact) mass is 1150 g/mol. The number of carbonyl (C=O) groups excluding carboxylic acids is 9. The molecule has 9 amide bonds. The van der Waals surface area contributed by atoms with E-state index in [0.717, 1.165) is 23.4 Å². The maximum atomic E-state index is 14.6. The number of aliphatic imine (C=N–C) groups is 1. The molecule has 82 heavy (non-hydrogen) atoms. The van der Waals surface area contributed by atoms with Crippen LogP contribution in [0.2, 0.25) is 0 Å². The van der Waals surface area contributed by atoms with Crippen LogP contribution in [0.4, 0.5) is 0 Å². The van der Waals surface area contributed by atoms with Crippen LogP contribution in [-0.4, -0.2) is 143 Å². The molecule has 0 saturated heterocycles. The van der Waals surface area contributed by atoms with E-state index in [-0.39, 0.29) is 56.4 Å². The molecule has 26 nitrogen and oxygen atoms in total. The number of guanidine groups is 1. The lowest BCUT2D eigenvalue weighted by Gasteiger charge is -2.29. The van der Waals surface area contributed by atoms with Crippen molar-refractivity contribution in [2.24, 2.45) is 51.4 Å². The summed E-state index contributed by atoms with van der Waals surface area (Å²) in [6.07, 6.45) is 4.06. The van der Waals surface area contributed by atoms with Gasteiger partial charge in [0.1, 0.15) is 42.3 Å². The molecule has 20 N–H and O–H groups in total. The number of benzene rings is 2. The van der Waals surface area contributed by atoms with Gasteiger partial charge in [0, 0.05) is 37.0 Å². The number of H-pyrrole nitrogens is 1. The number of aliphatic carboxylic acids is 1. The van der Waals surface area contributed by atoms with E-state index in [2.05, 4.69) is 52.5 Å². The van der Waals surface area contributed by atoms with Crippen molar-refractivity contribution < 1.29 is 53.1 Å². The first-order valence-electron chi connectivity index (χ1n) is 27.7. The number of primary amides is 1. The normalized spacial score (nSPS) is 14.3. The molecule has 3 rings (SSSR count). The number of carbonyl (C=O) groups is 10. The zero-order valence-electron chi connectivity index (χ0n) is 48.5. The summed E-state index contributed by atoms with van der Waals surface area (Å²) in [7, 11) is 0. The highest BCUT2D eigenvalue weighted by molar-refractivity contribution is 5.98. The number of aromatic amines is 1. The molecule has 0 saturated carbocycles. The van der Waals surface area contributed by atoms with Crippen LogP contribution in [0.5, 0.6) is 0 Å². The van der Waals surface area contributed by atoms with Crippen molar-refractivity contribution in [2.45, 2.75) is 162 Å². The highest BCUT2D eigenvalue weighted by Gasteiger charge is 2.35. The Hall–Kier alpha value is -8.13. The van der Waals surface area contributed by atoms with Crippen molar-refractivity contribution in [3.05, 3.63) is 71.9 Å². The summed E-state index contributed by atoms with van der Waals surface area (Å²) in [6, 6.07) is 7.42. The van der Waals surface area contributed by atoms with Crippen LogP contribution in [0.3, 0.4) is 0 Å². The zero-order chi connectivity index (χ0) is 61.6. The number of hydrogen-bond donors (Lipinski definition) is 15. The number of amides is 9. The first-order chi connectivity index (χ1) is 38.7. The fourth-order valence-corrected chi connectivity index (χ4v) is 8.43. The number of para-hydroxylation sites is 1. The lowest BCUT2D eigenvalue weighted by molar-refractivity contribution is -0.136. The summed E-state index contributed by atoms with van der Waals surface area (Å²) >= 11 is 0. The molecule has 0 radical (unpaired) electrons. The fraction of sp³-hybridized carbons (Fsp3) is 0.554. The zero-order valence-corrected chi connectivity index (χ0v) is 48.5. The number of carboxylic acids is 1. The van der Waals surface area contributed by atoms with E-state index in [9.17, 15) is 43.2 Å². The average Bonchev–Trinajstić information content (AvgIpc) is 3.82. The van der Waals surface area contributed by atoms with Crippen LogP contribution in [0.1, 0.15) is 111 Å². The minimum atomic E-state index is -1.30. The van der Waals surface area contributed by atoms with Gasteiger partial charge in [-0.25, -0.2) is 0 Å². The van der Waals surface area contributed by atoms with Crippen LogP contribution >= 0.6 is 0 Å². The van der Waals surface area contributed by atoms with Gasteiger partial charge < -0.3 is 81.3 Å². The van der Waals surface area contributed by atoms with Crippen molar-refractivity contribution in [3.8, 4) is 0 Å². The maximum absolute atomic E-state index is 14.6. The number of fused-ring (bicyclic) bond motifs is 1. The number of carboxylic acid groups (broad SMARTS) is 1. The van der Waals surface area contributed by atoms with Crippen molar-refractivity contribution in [1.82, 2.24) is 47.5 Å². The Morgan fingerprint density at radius 1 is 0.622 bits per heavy atom. The van der Waals surface area contributed by atoms with Gasteiger partial charge in [-0.2, -0.15) is 0 Å². The van der Waals surface area contributed by atoms with Crippen molar-refractivity contribution in [1.29, 1.82) is 0 Å². The topological polar surface area (TPSA) is 445 Å². The predicted molar refractivity (Wildman–Crippen MR) is 311 cm³/mol. The van der Waals surface area contributed by atoms with Crippen molar-refractivity contribution >= 4 is 76.0 Å². The van der Waals surface area contributed by atoms with Crippen molar-refractivity contribution in [3.63, 3.8) is 0 Å². The van der Waals surface area contributed by atoms with Crippen LogP contribution in [0.15, 0.2) is 65.8 Å². The summed E-state index contributed by atoms with van der Waals surface area (Å²) < 4.78 is 0. The molecule has 3 aromatic rings. The first kappa shape index (κ1) is 70.0. The van der Waals surface area contributed by atoms with Gasteiger partial charge in [0.15, 0.2) is 5.96 Å². The van der Waals surface area contributed by atoms with Gasteiger partial charge in [-0.05, 0) is 93.4 Å². The molecule has 9 atom stereocenters. The number of nitrogens with one attached hydrogen (secondary N) is 9. The average molecular weight is 1150 g/mol. The lowest BCUT2D eigenvalue weighted by Crippen LogP contribution is -2.61. The van der Waals surface area contributed by atoms with Crippen LogP contribution < -0.4 is 71.2 Å². The highest BCUT2D eigenvalue weighted by Crippen LogP contribution is 2.20. The Balaban J connectivity index is 0.00000554. The largest absolute Gasteiger partial charge is 0.481 e. The fourth-order valence-electron chi connectivity index (χ4n) is 8.43. The Morgan fingerprint density at radius 3 is 1.79 bits per heavy atom. The standard InChI is InChI=1S/C54H85N15O9.C2H4O2/c1-8-32(6)45(69-48(73)37(56)26-34-17-10-9-11-18-34)53(78)63-33(7)47(72)66-42(27-35-28-61-38-20-13-12-19-36(35)38)50(75)67-41(25-30(2)3)51(76)68-44(31(4)5)52(77)65-40(21-14-15-23-55)49(74)62-29-43(70)64-39(46(57)71)22-16-24-60-54(58)59;1-2(3)4/h9-13,17-20,28,30-33,37,39-42,44-45,61H,8,14-16,21-27,29,55-56H2,1-7H3,(H2,57,71)(H,62,74)(H,63,78)(H,64,70)(H,65,77)(H,66,72)(H,67,75)(H,68,76)(H,69,73)(H4,58,59,60);1H3,(H,3,4)/t32-,33-,37-,39+,40-,41-,42-,44-,45-;/m0./s1. The Labute approximate surface area is 479 Å². The molecule has 454 valence electrons. The third-order valence-corrected chi connectivity index (χ3v) is 13.1. The smallest absolute Gasteiger partial charge is 0.300 e. The SMILES string of the molecule is CC(=O)O.CC[C@H](C)[C@H](NC(=O)[C@@H](N)Cc1ccccc1)C(=O)N[C@@H](C)C(=O)N[C@@H](Cc1c[nH]c2ccccc12)C(=O)N[C@@H](CC(C)C)C(=O)N[C@H](C(=O)N[C@@H](CCCCN)C(=O)NCC(=O)N[C@H](CCCN=C(N)N)C(N)=O)C(C)C. The van der Waals surface area contributed by atoms with Crippen LogP contribution in [0.25, 0.3) is 10.9 Å². The van der Waals surface area contributed by atoms with E-state index in [1.807, 2.05) is 75.4 Å². The van der Waals surface area contributed by atoms with E-state index in [4.69, 9.17) is 38.6 Å². The molecule has 0 aliphatic carbocycles. The van der Waals surface area contributed by atoms with E-state index >= 15 is 0 Å². The van der Waals surface area contributed by atoms with Gasteiger partial charge in [-0.3, -0.25) is 52.9 Å². The van der Waals surface area contributed by atoms with Crippen LogP contribution in [-0.2, 0) is 60.8 Å². The van der Waals surface area contributed by atoms with Crippen LogP contribution in [0, 0.1) is 17.8 Å². The molecule has 0 aliphatic heterocycles. The van der Waals surface area contributed by atoms with Crippen molar-refractivity contribution in [2.75, 3.05) is 19.6 Å². The summed E-state index contributed by atoms with van der Waals surface area (Å²) in [5.74, 6) is -8.30. The third kappa shape index (κ3) is 25.5. The second-order valence-electron chi connectivity index (χ2n) is 21.0. The quantitative estimate of drug-likeness (QED) is 0.0200. The molecule has 1 heterocycles. The van der Waals surface area contributed by atoms with E-state index in [1.54, 1.807) is 27.0 Å². The Bertz CT molecular complexity index is 2600. The second kappa shape index (κ2) is 36.3. The molecular formula is C56H89N15O11. The highest BCUT2D eigenvalue weighted by atomic mass is 16.4. The molecule has 0 spiro atoms. The molecule has 0 fully saturated rings. The van der Waals surface area contributed by atoms with E-state index in [1.165, 1.54) is 6.92 Å². The van der Waals surface area contributed by atoms with Gasteiger partial charge in [0.2, 0.25) is 53.2 Å². The van der Waals surface area contributed by atoms with Gasteiger partial charge in [0.05, 0.1) is 12.6 Å². The Morgan fingerprint density at radius 2 is 1.20 bits per heavy atom. The predicted octanol–water partition coefficient (Wildman–Crippen LogP) is -0.683. The van der Waals surface area contributed by atoms with Gasteiger partial charge in [0.25, 0.3) is 5.97 Å². The number of nitrogens with zero attached hydrogens (tertiary/aromatic N) is 1. The number of aromatic nitrogens is 1. The number of hydrogen-bond acceptors (Lipinski definition) is 13. The Kier molecular flexibility index (Phi) is 31.0. The number of rotatable bonds is 34. The van der Waals surface area contributed by atoms with E-state index in [0.29, 0.717) is 37.8 Å². The minimum Gasteiger partial charge on any atom is -0.481 e. The molecule has 0 bridgehead atoms. The third-order valence-electron chi connectivity index (χ3n) is 13.1.